The predicted octanol–water partition coefficient (Wildman–Crippen LogP) is 20.7. The second-order valence-electron chi connectivity index (χ2n) is 18.4. The van der Waals surface area contributed by atoms with E-state index < -0.39 is 17.9 Å². The van der Waals surface area contributed by atoms with Gasteiger partial charge in [0.2, 0.25) is 0 Å². The Balaban J connectivity index is -0.000000967. The standard InChI is InChI=1S/C24H46O2.C20H32O2.C20H30O2/c1-2-3-4-5-6-7-8-9-10-11-12-13-14-15-16-17-18-19-20-21-22-23-24(25)26;2*1-2-3-4-5-6-7-8-9-10-11-12-13-14-15-16-17-18-19-20(21)22/h9-10H,2-8,11-23H2,1H3,(H,25,26);6-7,9-10,12-13,15-16H,2-5,8,11,14,17-19H2,1H3,(H,21,22);10-19H,2-9H2,1H3,(H,21,22)/b10-9-;7-6-,10-9-,13-12-,16-15-;11-10+,13-12+,15-14+,17-16+,19-18+. The molecule has 0 bridgehead atoms. The van der Waals surface area contributed by atoms with Gasteiger partial charge in [0.25, 0.3) is 0 Å². The Kier molecular flexibility index (Phi) is 67.0. The van der Waals surface area contributed by atoms with E-state index in [4.69, 9.17) is 15.3 Å². The predicted molar refractivity (Wildman–Crippen MR) is 307 cm³/mol. The molecule has 70 heavy (non-hydrogen) atoms. The molecule has 0 aliphatic heterocycles. The number of carboxylic acid groups (broad SMARTS) is 3. The van der Waals surface area contributed by atoms with Crippen LogP contribution in [0.2, 0.25) is 0 Å². The Morgan fingerprint density at radius 1 is 0.271 bits per heavy atom. The second kappa shape index (κ2) is 66.9. The highest BCUT2D eigenvalue weighted by atomic mass is 16.4. The average molecular weight is 974 g/mol. The summed E-state index contributed by atoms with van der Waals surface area (Å²) in [6.45, 7) is 6.76. The van der Waals surface area contributed by atoms with Gasteiger partial charge in [0.1, 0.15) is 0 Å². The van der Waals surface area contributed by atoms with E-state index in [9.17, 15) is 14.4 Å². The zero-order chi connectivity index (χ0) is 51.7. The first-order valence-corrected chi connectivity index (χ1v) is 28.6. The molecule has 3 N–H and O–H groups in total. The molecule has 0 aromatic heterocycles. The summed E-state index contributed by atoms with van der Waals surface area (Å²) < 4.78 is 0. The fourth-order valence-corrected chi connectivity index (χ4v) is 7.26. The molecule has 0 rings (SSSR count). The number of rotatable bonds is 48. The summed E-state index contributed by atoms with van der Waals surface area (Å²) in [5, 5.41) is 25.4. The summed E-state index contributed by atoms with van der Waals surface area (Å²) in [6, 6.07) is 0. The first-order chi connectivity index (χ1) is 34.3. The van der Waals surface area contributed by atoms with Crippen LogP contribution in [0.4, 0.5) is 0 Å². The minimum Gasteiger partial charge on any atom is -0.481 e. The summed E-state index contributed by atoms with van der Waals surface area (Å²) in [5.74, 6) is -2.30. The first kappa shape index (κ1) is 70.1. The van der Waals surface area contributed by atoms with Crippen LogP contribution in [-0.4, -0.2) is 33.2 Å². The average Bonchev–Trinajstić information content (AvgIpc) is 3.34. The van der Waals surface area contributed by atoms with E-state index in [2.05, 4.69) is 93.7 Å². The molecule has 0 aliphatic rings. The summed E-state index contributed by atoms with van der Waals surface area (Å²) in [4.78, 5) is 30.9. The third-order valence-corrected chi connectivity index (χ3v) is 11.5. The molecule has 0 heterocycles. The van der Waals surface area contributed by atoms with Gasteiger partial charge in [-0.1, -0.05) is 277 Å². The lowest BCUT2D eigenvalue weighted by molar-refractivity contribution is -0.138. The Morgan fingerprint density at radius 2 is 0.529 bits per heavy atom. The molecule has 0 amide bonds. The lowest BCUT2D eigenvalue weighted by Crippen LogP contribution is -1.93. The third kappa shape index (κ3) is 78.0. The maximum absolute atomic E-state index is 10.4. The Hall–Kier alpha value is -4.19. The molecule has 0 spiro atoms. The van der Waals surface area contributed by atoms with Crippen LogP contribution in [0.25, 0.3) is 0 Å². The quantitative estimate of drug-likeness (QED) is 0.0242. The molecule has 0 radical (unpaired) electrons. The van der Waals surface area contributed by atoms with Crippen molar-refractivity contribution >= 4 is 17.9 Å². The molecule has 0 aromatic rings. The van der Waals surface area contributed by atoms with Crippen LogP contribution < -0.4 is 0 Å². The number of carbonyl (C=O) groups is 3. The lowest BCUT2D eigenvalue weighted by Gasteiger charge is -2.02. The molecule has 0 aromatic carbocycles. The fourth-order valence-electron chi connectivity index (χ4n) is 7.26. The van der Waals surface area contributed by atoms with Crippen molar-refractivity contribution in [1.29, 1.82) is 0 Å². The van der Waals surface area contributed by atoms with E-state index in [1.807, 2.05) is 24.3 Å². The molecule has 0 saturated heterocycles. The number of hydrogen-bond acceptors (Lipinski definition) is 3. The van der Waals surface area contributed by atoms with Crippen molar-refractivity contribution in [3.8, 4) is 0 Å². The first-order valence-electron chi connectivity index (χ1n) is 28.6. The SMILES string of the molecule is CCCCC/C=C\C/C=C\C/C=C\C/C=C\CCCC(=O)O.CCCCCCCC/C=C\CCCCCCCCCCCCCC(=O)O.CCCCCCCCC/C=C/C=C/C=C/C=C/C=C/C(=O)O. The molecule has 0 atom stereocenters. The number of allylic oxidation sites excluding steroid dienone is 19. The highest BCUT2D eigenvalue weighted by Crippen LogP contribution is 2.14. The number of unbranched alkanes of at least 4 members (excludes halogenated alkanes) is 28. The highest BCUT2D eigenvalue weighted by Gasteiger charge is 1.97. The van der Waals surface area contributed by atoms with Gasteiger partial charge in [-0.2, -0.15) is 0 Å². The third-order valence-electron chi connectivity index (χ3n) is 11.5. The molecule has 0 fully saturated rings. The van der Waals surface area contributed by atoms with E-state index in [0.717, 1.165) is 57.4 Å². The van der Waals surface area contributed by atoms with E-state index in [-0.39, 0.29) is 6.42 Å². The van der Waals surface area contributed by atoms with Crippen molar-refractivity contribution in [3.63, 3.8) is 0 Å². The Bertz CT molecular complexity index is 1400. The molecule has 0 unspecified atom stereocenters. The van der Waals surface area contributed by atoms with E-state index >= 15 is 0 Å². The van der Waals surface area contributed by atoms with Crippen LogP contribution in [0.3, 0.4) is 0 Å². The van der Waals surface area contributed by atoms with Gasteiger partial charge in [0.05, 0.1) is 0 Å². The molecular weight excluding hydrogens is 865 g/mol. The second-order valence-corrected chi connectivity index (χ2v) is 18.4. The van der Waals surface area contributed by atoms with Crippen molar-refractivity contribution in [2.45, 2.75) is 265 Å². The molecule has 0 saturated carbocycles. The smallest absolute Gasteiger partial charge is 0.328 e. The maximum Gasteiger partial charge on any atom is 0.328 e. The number of hydrogen-bond donors (Lipinski definition) is 3. The van der Waals surface area contributed by atoms with Crippen molar-refractivity contribution in [3.05, 3.63) is 122 Å². The number of carboxylic acids is 3. The fraction of sp³-hybridized carbons (Fsp3) is 0.641. The van der Waals surface area contributed by atoms with Crippen LogP contribution >= 0.6 is 0 Å². The van der Waals surface area contributed by atoms with Crippen LogP contribution in [0, 0.1) is 0 Å². The van der Waals surface area contributed by atoms with Crippen molar-refractivity contribution < 1.29 is 29.7 Å². The largest absolute Gasteiger partial charge is 0.481 e. The highest BCUT2D eigenvalue weighted by molar-refractivity contribution is 5.80. The monoisotopic (exact) mass is 973 g/mol. The molecule has 400 valence electrons. The number of aliphatic carboxylic acids is 3. The lowest BCUT2D eigenvalue weighted by atomic mass is 10.0. The van der Waals surface area contributed by atoms with Crippen LogP contribution in [0.1, 0.15) is 265 Å². The zero-order valence-electron chi connectivity index (χ0n) is 45.5. The van der Waals surface area contributed by atoms with Gasteiger partial charge in [0.15, 0.2) is 0 Å². The van der Waals surface area contributed by atoms with Crippen LogP contribution in [0.15, 0.2) is 122 Å². The van der Waals surface area contributed by atoms with Gasteiger partial charge in [-0.15, -0.1) is 0 Å². The van der Waals surface area contributed by atoms with Gasteiger partial charge in [-0.25, -0.2) is 4.79 Å². The van der Waals surface area contributed by atoms with Gasteiger partial charge in [-0.05, 0) is 89.9 Å². The maximum atomic E-state index is 10.4. The summed E-state index contributed by atoms with van der Waals surface area (Å²) >= 11 is 0. The van der Waals surface area contributed by atoms with Crippen molar-refractivity contribution in [2.24, 2.45) is 0 Å². The molecule has 6 heteroatoms. The van der Waals surface area contributed by atoms with E-state index in [1.54, 1.807) is 12.2 Å². The van der Waals surface area contributed by atoms with E-state index in [1.165, 1.54) is 186 Å². The van der Waals surface area contributed by atoms with Gasteiger partial charge in [-0.3, -0.25) is 9.59 Å². The summed E-state index contributed by atoms with van der Waals surface area (Å²) in [6.07, 6.45) is 86.2. The van der Waals surface area contributed by atoms with Crippen LogP contribution in [-0.2, 0) is 14.4 Å². The molecule has 6 nitrogen and oxygen atoms in total. The minimum absolute atomic E-state index is 0.262. The van der Waals surface area contributed by atoms with E-state index in [0.29, 0.717) is 6.42 Å². The molecule has 0 aliphatic carbocycles. The minimum atomic E-state index is -0.931. The topological polar surface area (TPSA) is 112 Å². The summed E-state index contributed by atoms with van der Waals surface area (Å²) in [7, 11) is 0. The van der Waals surface area contributed by atoms with Gasteiger partial charge >= 0.3 is 17.9 Å². The molecular formula is C64H108O6. The summed E-state index contributed by atoms with van der Waals surface area (Å²) in [5.41, 5.74) is 0. The van der Waals surface area contributed by atoms with Gasteiger partial charge < -0.3 is 15.3 Å². The van der Waals surface area contributed by atoms with Gasteiger partial charge in [0, 0.05) is 18.9 Å². The normalized spacial score (nSPS) is 12.2. The van der Waals surface area contributed by atoms with Crippen molar-refractivity contribution in [1.82, 2.24) is 0 Å². The Morgan fingerprint density at radius 3 is 0.914 bits per heavy atom. The van der Waals surface area contributed by atoms with Crippen LogP contribution in [0.5, 0.6) is 0 Å². The van der Waals surface area contributed by atoms with Crippen molar-refractivity contribution in [2.75, 3.05) is 0 Å². The Labute approximate surface area is 432 Å². The zero-order valence-corrected chi connectivity index (χ0v) is 45.5.